The van der Waals surface area contributed by atoms with Crippen molar-refractivity contribution in [1.82, 2.24) is 24.7 Å². The van der Waals surface area contributed by atoms with Crippen LogP contribution in [0, 0.1) is 5.92 Å². The number of amides is 3. The molecule has 3 saturated heterocycles. The molecule has 9 heteroatoms. The highest BCUT2D eigenvalue weighted by Gasteiger charge is 2.31. The second-order valence-corrected chi connectivity index (χ2v) is 12.1. The number of aromatic nitrogens is 2. The fraction of sp³-hybridized carbons (Fsp3) is 0.484. The van der Waals surface area contributed by atoms with Crippen LogP contribution in [0.15, 0.2) is 60.1 Å². The number of benzene rings is 1. The van der Waals surface area contributed by atoms with E-state index in [0.29, 0.717) is 17.5 Å². The van der Waals surface area contributed by atoms with Crippen molar-refractivity contribution in [3.63, 3.8) is 0 Å². The summed E-state index contributed by atoms with van der Waals surface area (Å²) in [5.74, 6) is 1.99. The summed E-state index contributed by atoms with van der Waals surface area (Å²) in [5, 5.41) is 2.98. The van der Waals surface area contributed by atoms with Crippen molar-refractivity contribution in [3.05, 3.63) is 76.4 Å². The Kier molecular flexibility index (Phi) is 8.27. The van der Waals surface area contributed by atoms with Gasteiger partial charge in [0.1, 0.15) is 11.5 Å². The first-order valence-corrected chi connectivity index (χ1v) is 15.5. The Labute approximate surface area is 240 Å². The molecule has 0 saturated carbocycles. The smallest absolute Gasteiger partial charge is 0.320 e. The minimum atomic E-state index is 0.0677. The number of hydrogen-bond donors (Lipinski definition) is 0. The number of piperazine rings is 1. The van der Waals surface area contributed by atoms with Crippen molar-refractivity contribution >= 4 is 29.1 Å². The van der Waals surface area contributed by atoms with E-state index in [4.69, 9.17) is 4.98 Å². The Hall–Kier alpha value is -3.46. The Morgan fingerprint density at radius 1 is 0.775 bits per heavy atom. The highest BCUT2D eigenvalue weighted by Crippen LogP contribution is 2.32. The largest absolute Gasteiger partial charge is 0.353 e. The highest BCUT2D eigenvalue weighted by atomic mass is 32.1. The molecule has 8 nitrogen and oxygen atoms in total. The number of thiazole rings is 1. The molecule has 0 unspecified atom stereocenters. The van der Waals surface area contributed by atoms with Crippen molar-refractivity contribution in [3.8, 4) is 0 Å². The van der Waals surface area contributed by atoms with E-state index < -0.39 is 0 Å². The molecule has 0 radical (unpaired) electrons. The molecule has 40 heavy (non-hydrogen) atoms. The van der Waals surface area contributed by atoms with Gasteiger partial charge in [-0.05, 0) is 55.7 Å². The lowest BCUT2D eigenvalue weighted by Crippen LogP contribution is -2.54. The lowest BCUT2D eigenvalue weighted by molar-refractivity contribution is 0.0685. The third kappa shape index (κ3) is 6.14. The van der Waals surface area contributed by atoms with Gasteiger partial charge in [-0.2, -0.15) is 0 Å². The molecule has 0 aliphatic carbocycles. The maximum atomic E-state index is 13.2. The van der Waals surface area contributed by atoms with Gasteiger partial charge in [-0.1, -0.05) is 36.4 Å². The van der Waals surface area contributed by atoms with Crippen LogP contribution in [-0.4, -0.2) is 89.0 Å². The third-order valence-electron chi connectivity index (χ3n) is 8.65. The molecular weight excluding hydrogens is 520 g/mol. The van der Waals surface area contributed by atoms with E-state index in [9.17, 15) is 9.59 Å². The molecule has 3 fully saturated rings. The van der Waals surface area contributed by atoms with E-state index in [1.54, 1.807) is 11.3 Å². The number of rotatable bonds is 5. The van der Waals surface area contributed by atoms with Crippen LogP contribution < -0.4 is 4.90 Å². The van der Waals surface area contributed by atoms with Gasteiger partial charge in [0.2, 0.25) is 0 Å². The molecule has 3 aliphatic heterocycles. The molecule has 5 heterocycles. The number of piperidine rings is 2. The number of anilines is 1. The Morgan fingerprint density at radius 2 is 1.45 bits per heavy atom. The number of carbonyl (C=O) groups excluding carboxylic acids is 2. The van der Waals surface area contributed by atoms with Crippen LogP contribution in [0.2, 0.25) is 0 Å². The van der Waals surface area contributed by atoms with E-state index in [2.05, 4.69) is 40.2 Å². The SMILES string of the molecule is O=C(c1csc(C2CCN(C(=O)N3CCN(c4ccccn4)CC3)CC2)n1)N1CCC(Cc2ccccc2)CC1. The second kappa shape index (κ2) is 12.4. The van der Waals surface area contributed by atoms with E-state index in [1.807, 2.05) is 44.5 Å². The van der Waals surface area contributed by atoms with Crippen molar-refractivity contribution in [1.29, 1.82) is 0 Å². The number of urea groups is 1. The van der Waals surface area contributed by atoms with Crippen molar-refractivity contribution in [2.24, 2.45) is 5.92 Å². The molecule has 0 spiro atoms. The van der Waals surface area contributed by atoms with Gasteiger partial charge in [0.15, 0.2) is 0 Å². The van der Waals surface area contributed by atoms with Crippen LogP contribution in [0.1, 0.15) is 52.7 Å². The summed E-state index contributed by atoms with van der Waals surface area (Å²) in [5.41, 5.74) is 1.97. The molecule has 0 bridgehead atoms. The standard InChI is InChI=1S/C31H38N6O2S/c38-30(35-14-9-25(10-15-35)22-24-6-2-1-3-7-24)27-23-40-29(33-27)26-11-16-36(17-12-26)31(39)37-20-18-34(19-21-37)28-8-4-5-13-32-28/h1-8,13,23,25-26H,9-12,14-22H2. The van der Waals surface area contributed by atoms with Gasteiger partial charge in [-0.25, -0.2) is 14.8 Å². The molecule has 2 aromatic heterocycles. The third-order valence-corrected chi connectivity index (χ3v) is 9.66. The monoisotopic (exact) mass is 558 g/mol. The first kappa shape index (κ1) is 26.7. The Morgan fingerprint density at radius 3 is 2.15 bits per heavy atom. The zero-order chi connectivity index (χ0) is 27.3. The molecule has 3 aromatic rings. The summed E-state index contributed by atoms with van der Waals surface area (Å²) in [6, 6.07) is 16.7. The summed E-state index contributed by atoms with van der Waals surface area (Å²) >= 11 is 1.60. The predicted octanol–water partition coefficient (Wildman–Crippen LogP) is 4.75. The van der Waals surface area contributed by atoms with Crippen LogP contribution in [0.4, 0.5) is 10.6 Å². The van der Waals surface area contributed by atoms with E-state index in [-0.39, 0.29) is 11.9 Å². The molecule has 6 rings (SSSR count). The first-order chi connectivity index (χ1) is 19.6. The van der Waals surface area contributed by atoms with Crippen molar-refractivity contribution in [2.75, 3.05) is 57.3 Å². The summed E-state index contributed by atoms with van der Waals surface area (Å²) in [6.07, 6.45) is 6.78. The number of hydrogen-bond acceptors (Lipinski definition) is 6. The van der Waals surface area contributed by atoms with Gasteiger partial charge >= 0.3 is 6.03 Å². The highest BCUT2D eigenvalue weighted by molar-refractivity contribution is 7.09. The Balaban J connectivity index is 0.952. The van der Waals surface area contributed by atoms with Crippen molar-refractivity contribution < 1.29 is 9.59 Å². The van der Waals surface area contributed by atoms with Crippen LogP contribution in [0.5, 0.6) is 0 Å². The lowest BCUT2D eigenvalue weighted by atomic mass is 9.90. The number of carbonyl (C=O) groups is 2. The summed E-state index contributed by atoms with van der Waals surface area (Å²) in [7, 11) is 0. The molecule has 3 amide bonds. The minimum absolute atomic E-state index is 0.0677. The van der Waals surface area contributed by atoms with Crippen LogP contribution >= 0.6 is 11.3 Å². The summed E-state index contributed by atoms with van der Waals surface area (Å²) in [4.78, 5) is 43.8. The van der Waals surface area contributed by atoms with Gasteiger partial charge < -0.3 is 19.6 Å². The minimum Gasteiger partial charge on any atom is -0.353 e. The van der Waals surface area contributed by atoms with Crippen LogP contribution in [0.25, 0.3) is 0 Å². The van der Waals surface area contributed by atoms with Crippen molar-refractivity contribution in [2.45, 2.75) is 38.0 Å². The maximum absolute atomic E-state index is 13.2. The average molecular weight is 559 g/mol. The van der Waals surface area contributed by atoms with Crippen LogP contribution in [0.3, 0.4) is 0 Å². The van der Waals surface area contributed by atoms with Gasteiger partial charge in [0.25, 0.3) is 5.91 Å². The molecule has 210 valence electrons. The molecule has 0 N–H and O–H groups in total. The maximum Gasteiger partial charge on any atom is 0.320 e. The summed E-state index contributed by atoms with van der Waals surface area (Å²) in [6.45, 7) is 6.14. The summed E-state index contributed by atoms with van der Waals surface area (Å²) < 4.78 is 0. The van der Waals surface area contributed by atoms with E-state index in [0.717, 1.165) is 95.3 Å². The number of nitrogens with zero attached hydrogens (tertiary/aromatic N) is 6. The quantitative estimate of drug-likeness (QED) is 0.452. The fourth-order valence-electron chi connectivity index (χ4n) is 6.21. The van der Waals surface area contributed by atoms with Gasteiger partial charge in [-0.15, -0.1) is 11.3 Å². The topological polar surface area (TPSA) is 72.9 Å². The zero-order valence-corrected chi connectivity index (χ0v) is 23.8. The fourth-order valence-corrected chi connectivity index (χ4v) is 7.17. The molecule has 1 aromatic carbocycles. The normalized spacial score (nSPS) is 19.2. The number of likely N-dealkylation sites (tertiary alicyclic amines) is 2. The zero-order valence-electron chi connectivity index (χ0n) is 23.0. The predicted molar refractivity (Wildman–Crippen MR) is 158 cm³/mol. The second-order valence-electron chi connectivity index (χ2n) is 11.2. The van der Waals surface area contributed by atoms with Crippen LogP contribution in [-0.2, 0) is 6.42 Å². The first-order valence-electron chi connectivity index (χ1n) is 14.6. The number of pyridine rings is 1. The Bertz CT molecular complexity index is 1260. The van der Waals surface area contributed by atoms with E-state index >= 15 is 0 Å². The van der Waals surface area contributed by atoms with E-state index in [1.165, 1.54) is 5.56 Å². The average Bonchev–Trinajstić information content (AvgIpc) is 3.52. The lowest BCUT2D eigenvalue weighted by Gasteiger charge is -2.39. The molecule has 3 aliphatic rings. The molecular formula is C31H38N6O2S. The van der Waals surface area contributed by atoms with Gasteiger partial charge in [0, 0.05) is 69.9 Å². The molecule has 0 atom stereocenters. The van der Waals surface area contributed by atoms with Gasteiger partial charge in [0.05, 0.1) is 5.01 Å². The van der Waals surface area contributed by atoms with Gasteiger partial charge in [-0.3, -0.25) is 4.79 Å².